The van der Waals surface area contributed by atoms with Crippen molar-refractivity contribution in [2.45, 2.75) is 31.6 Å². The normalized spacial score (nSPS) is 13.4. The summed E-state index contributed by atoms with van der Waals surface area (Å²) >= 11 is 6.02. The number of benzene rings is 3. The van der Waals surface area contributed by atoms with Crippen LogP contribution in [0.4, 0.5) is 13.2 Å². The van der Waals surface area contributed by atoms with Gasteiger partial charge in [0, 0.05) is 35.4 Å². The quantitative estimate of drug-likeness (QED) is 0.245. The van der Waals surface area contributed by atoms with E-state index in [1.54, 1.807) is 18.2 Å². The minimum Gasteiger partial charge on any atom is -0.364 e. The van der Waals surface area contributed by atoms with Crippen LogP contribution in [0.2, 0.25) is 5.02 Å². The van der Waals surface area contributed by atoms with Gasteiger partial charge in [-0.15, -0.1) is 0 Å². The molecule has 1 aromatic heterocycles. The minimum absolute atomic E-state index is 0.0627. The summed E-state index contributed by atoms with van der Waals surface area (Å²) in [6.45, 7) is 0. The van der Waals surface area contributed by atoms with Crippen LogP contribution in [-0.2, 0) is 17.6 Å². The van der Waals surface area contributed by atoms with Gasteiger partial charge >= 0.3 is 0 Å². The van der Waals surface area contributed by atoms with E-state index in [2.05, 4.69) is 5.16 Å². The molecule has 0 aliphatic heterocycles. The summed E-state index contributed by atoms with van der Waals surface area (Å²) in [6, 6.07) is 15.0. The highest BCUT2D eigenvalue weighted by Gasteiger charge is 2.26. The highest BCUT2D eigenvalue weighted by Crippen LogP contribution is 2.36. The number of Topliss-reactive ketones (excluding diaryl/α,β-unsaturated/α-hetero) is 1. The summed E-state index contributed by atoms with van der Waals surface area (Å²) in [5.41, 5.74) is 4.89. The van der Waals surface area contributed by atoms with Gasteiger partial charge in [-0.1, -0.05) is 41.0 Å². The zero-order valence-electron chi connectivity index (χ0n) is 19.1. The second-order valence-electron chi connectivity index (χ2n) is 8.95. The standard InChI is InChI=1S/C29H21ClF3NO2/c30-22-6-3-19(4-7-22)28-16-36-34-29(28)21(9-17-10-24(32)14-25(33)11-17)13-26(35)12-20-2-1-18-5-8-23(31)15-27(18)20/h2-8,10-11,14-16,21H,1,9,12-13H2/t21-/m1/s1. The molecule has 0 bridgehead atoms. The monoisotopic (exact) mass is 507 g/mol. The molecule has 36 heavy (non-hydrogen) atoms. The average molecular weight is 508 g/mol. The van der Waals surface area contributed by atoms with E-state index in [-0.39, 0.29) is 30.9 Å². The Balaban J connectivity index is 1.44. The molecule has 0 saturated heterocycles. The Labute approximate surface area is 211 Å². The lowest BCUT2D eigenvalue weighted by atomic mass is 9.86. The first-order valence-electron chi connectivity index (χ1n) is 11.5. The lowest BCUT2D eigenvalue weighted by molar-refractivity contribution is -0.118. The van der Waals surface area contributed by atoms with Gasteiger partial charge in [-0.2, -0.15) is 0 Å². The Hall–Kier alpha value is -3.64. The maximum atomic E-state index is 13.9. The Morgan fingerprint density at radius 1 is 0.944 bits per heavy atom. The second-order valence-corrected chi connectivity index (χ2v) is 9.39. The van der Waals surface area contributed by atoms with Crippen LogP contribution in [0, 0.1) is 17.5 Å². The lowest BCUT2D eigenvalue weighted by Crippen LogP contribution is -2.12. The highest BCUT2D eigenvalue weighted by atomic mass is 35.5. The maximum Gasteiger partial charge on any atom is 0.137 e. The fraction of sp³-hybridized carbons (Fsp3) is 0.172. The predicted octanol–water partition coefficient (Wildman–Crippen LogP) is 7.73. The average Bonchev–Trinajstić information content (AvgIpc) is 3.46. The van der Waals surface area contributed by atoms with Crippen molar-refractivity contribution >= 4 is 23.0 Å². The molecule has 3 nitrogen and oxygen atoms in total. The van der Waals surface area contributed by atoms with Crippen molar-refractivity contribution in [1.82, 2.24) is 5.16 Å². The van der Waals surface area contributed by atoms with Crippen molar-refractivity contribution in [3.05, 3.63) is 118 Å². The molecule has 0 saturated carbocycles. The van der Waals surface area contributed by atoms with Crippen LogP contribution in [0.15, 0.2) is 77.5 Å². The summed E-state index contributed by atoms with van der Waals surface area (Å²) in [6.07, 6.45) is 4.44. The van der Waals surface area contributed by atoms with E-state index in [4.69, 9.17) is 16.1 Å². The molecule has 0 unspecified atom stereocenters. The van der Waals surface area contributed by atoms with Gasteiger partial charge in [-0.3, -0.25) is 4.79 Å². The topological polar surface area (TPSA) is 43.1 Å². The van der Waals surface area contributed by atoms with Gasteiger partial charge in [0.2, 0.25) is 0 Å². The number of nitrogens with zero attached hydrogens (tertiary/aromatic N) is 1. The zero-order chi connectivity index (χ0) is 25.2. The molecule has 3 aromatic carbocycles. The summed E-state index contributed by atoms with van der Waals surface area (Å²) in [5, 5.41) is 4.75. The third-order valence-electron chi connectivity index (χ3n) is 6.39. The Morgan fingerprint density at radius 3 is 2.44 bits per heavy atom. The number of carbonyl (C=O) groups is 1. The smallest absolute Gasteiger partial charge is 0.137 e. The van der Waals surface area contributed by atoms with Crippen LogP contribution in [0.1, 0.15) is 41.1 Å². The van der Waals surface area contributed by atoms with E-state index in [1.807, 2.05) is 18.2 Å². The number of allylic oxidation sites excluding steroid dienone is 2. The number of halogens is 4. The van der Waals surface area contributed by atoms with Crippen molar-refractivity contribution in [1.29, 1.82) is 0 Å². The number of carbonyl (C=O) groups excluding carboxylic acids is 1. The first-order chi connectivity index (χ1) is 17.4. The molecule has 5 rings (SSSR count). The van der Waals surface area contributed by atoms with Crippen molar-refractivity contribution in [3.8, 4) is 11.1 Å². The number of hydrogen-bond donors (Lipinski definition) is 0. The van der Waals surface area contributed by atoms with Gasteiger partial charge in [0.05, 0.1) is 5.69 Å². The van der Waals surface area contributed by atoms with Crippen LogP contribution in [0.5, 0.6) is 0 Å². The van der Waals surface area contributed by atoms with Gasteiger partial charge in [-0.25, -0.2) is 13.2 Å². The van der Waals surface area contributed by atoms with E-state index in [0.717, 1.165) is 28.3 Å². The van der Waals surface area contributed by atoms with Crippen LogP contribution in [0.3, 0.4) is 0 Å². The molecule has 1 heterocycles. The molecule has 0 spiro atoms. The molecule has 1 atom stereocenters. The first-order valence-corrected chi connectivity index (χ1v) is 11.9. The lowest BCUT2D eigenvalue weighted by Gasteiger charge is -2.17. The molecular formula is C29H21ClF3NO2. The molecule has 0 radical (unpaired) electrons. The largest absolute Gasteiger partial charge is 0.364 e. The summed E-state index contributed by atoms with van der Waals surface area (Å²) < 4.78 is 46.9. The Bertz CT molecular complexity index is 1440. The van der Waals surface area contributed by atoms with Crippen LogP contribution >= 0.6 is 11.6 Å². The molecule has 7 heteroatoms. The molecule has 4 aromatic rings. The van der Waals surface area contributed by atoms with Crippen molar-refractivity contribution < 1.29 is 22.5 Å². The van der Waals surface area contributed by atoms with Crippen LogP contribution in [-0.4, -0.2) is 10.9 Å². The Kier molecular flexibility index (Phi) is 6.79. The summed E-state index contributed by atoms with van der Waals surface area (Å²) in [4.78, 5) is 13.3. The van der Waals surface area contributed by atoms with Gasteiger partial charge in [-0.05, 0) is 77.1 Å². The van der Waals surface area contributed by atoms with Crippen LogP contribution < -0.4 is 0 Å². The van der Waals surface area contributed by atoms with Gasteiger partial charge in [0.25, 0.3) is 0 Å². The first kappa shape index (κ1) is 24.1. The molecule has 182 valence electrons. The molecule has 0 amide bonds. The van der Waals surface area contributed by atoms with E-state index in [9.17, 15) is 18.0 Å². The number of fused-ring (bicyclic) bond motifs is 1. The third-order valence-corrected chi connectivity index (χ3v) is 6.64. The third kappa shape index (κ3) is 5.29. The zero-order valence-corrected chi connectivity index (χ0v) is 19.9. The molecule has 0 N–H and O–H groups in total. The molecule has 1 aliphatic carbocycles. The molecule has 0 fully saturated rings. The molecule has 1 aliphatic rings. The summed E-state index contributed by atoms with van der Waals surface area (Å²) in [7, 11) is 0. The number of hydrogen-bond acceptors (Lipinski definition) is 3. The van der Waals surface area contributed by atoms with Crippen molar-refractivity contribution in [3.63, 3.8) is 0 Å². The number of rotatable bonds is 8. The summed E-state index contributed by atoms with van der Waals surface area (Å²) in [5.74, 6) is -2.33. The van der Waals surface area contributed by atoms with E-state index in [1.165, 1.54) is 30.5 Å². The fourth-order valence-electron chi connectivity index (χ4n) is 4.76. The van der Waals surface area contributed by atoms with Gasteiger partial charge in [0.1, 0.15) is 29.5 Å². The number of ketones is 1. The SMILES string of the molecule is O=C(CC1=CCc2ccc(F)cc21)C[C@@H](Cc1cc(F)cc(F)c1)c1nocc1-c1ccc(Cl)cc1. The fourth-order valence-corrected chi connectivity index (χ4v) is 4.89. The van der Waals surface area contributed by atoms with Crippen molar-refractivity contribution in [2.24, 2.45) is 0 Å². The van der Waals surface area contributed by atoms with Crippen molar-refractivity contribution in [2.75, 3.05) is 0 Å². The Morgan fingerprint density at radius 2 is 1.69 bits per heavy atom. The maximum absolute atomic E-state index is 13.9. The van der Waals surface area contributed by atoms with E-state index in [0.29, 0.717) is 28.3 Å². The predicted molar refractivity (Wildman–Crippen MR) is 132 cm³/mol. The van der Waals surface area contributed by atoms with Gasteiger partial charge in [0.15, 0.2) is 0 Å². The van der Waals surface area contributed by atoms with Gasteiger partial charge < -0.3 is 4.52 Å². The second kappa shape index (κ2) is 10.2. The number of aromatic nitrogens is 1. The van der Waals surface area contributed by atoms with Crippen LogP contribution in [0.25, 0.3) is 16.7 Å². The minimum atomic E-state index is -0.692. The molecular weight excluding hydrogens is 487 g/mol. The highest BCUT2D eigenvalue weighted by molar-refractivity contribution is 6.30. The van der Waals surface area contributed by atoms with E-state index >= 15 is 0 Å². The van der Waals surface area contributed by atoms with E-state index < -0.39 is 17.6 Å².